The second-order valence-electron chi connectivity index (χ2n) is 5.25. The molecule has 0 amide bonds. The molecule has 1 saturated heterocycles. The Morgan fingerprint density at radius 2 is 2.09 bits per heavy atom. The summed E-state index contributed by atoms with van der Waals surface area (Å²) < 4.78 is 32.2. The van der Waals surface area contributed by atoms with Crippen LogP contribution in [-0.4, -0.2) is 37.9 Å². The van der Waals surface area contributed by atoms with E-state index in [1.165, 1.54) is 0 Å². The van der Waals surface area contributed by atoms with Crippen molar-refractivity contribution in [3.8, 4) is 5.75 Å². The molecule has 0 saturated carbocycles. The first-order chi connectivity index (χ1) is 10.6. The summed E-state index contributed by atoms with van der Waals surface area (Å²) in [4.78, 5) is 4.65. The third-order valence-electron chi connectivity index (χ3n) is 3.88. The van der Waals surface area contributed by atoms with Crippen molar-refractivity contribution in [3.05, 3.63) is 40.8 Å². The Labute approximate surface area is 134 Å². The van der Waals surface area contributed by atoms with Crippen LogP contribution in [0.4, 0.5) is 0 Å². The molecular weight excluding hydrogens is 320 g/mol. The third kappa shape index (κ3) is 3.02. The minimum absolute atomic E-state index is 0.196. The molecule has 0 unspecified atom stereocenters. The second-order valence-corrected chi connectivity index (χ2v) is 8.11. The van der Waals surface area contributed by atoms with Crippen molar-refractivity contribution in [2.24, 2.45) is 0 Å². The Bertz CT molecular complexity index is 712. The molecule has 118 valence electrons. The Hall–Kier alpha value is -1.44. The van der Waals surface area contributed by atoms with Crippen LogP contribution in [0.1, 0.15) is 23.8 Å². The fraction of sp³-hybridized carbons (Fsp3) is 0.400. The van der Waals surface area contributed by atoms with Gasteiger partial charge in [0.15, 0.2) is 0 Å². The molecule has 1 fully saturated rings. The number of nitrogens with zero attached hydrogens (tertiary/aromatic N) is 2. The lowest BCUT2D eigenvalue weighted by Crippen LogP contribution is -2.39. The number of sulfonamides is 1. The van der Waals surface area contributed by atoms with Crippen LogP contribution >= 0.6 is 11.3 Å². The standard InChI is InChI=1S/C15H18N2O3S2/c1-20-13-4-6-14(7-5-13)22(18,19)17-9-2-3-12(11-17)15-16-8-10-21-15/h4-8,10,12H,2-3,9,11H2,1H3/t12-/m0/s1. The van der Waals surface area contributed by atoms with Crippen LogP contribution in [0, 0.1) is 0 Å². The van der Waals surface area contributed by atoms with Crippen LogP contribution < -0.4 is 4.74 Å². The third-order valence-corrected chi connectivity index (χ3v) is 6.70. The van der Waals surface area contributed by atoms with Crippen LogP contribution in [0.5, 0.6) is 5.75 Å². The summed E-state index contributed by atoms with van der Waals surface area (Å²) >= 11 is 1.59. The first-order valence-corrected chi connectivity index (χ1v) is 9.47. The molecular formula is C15H18N2O3S2. The summed E-state index contributed by atoms with van der Waals surface area (Å²) in [7, 11) is -1.89. The monoisotopic (exact) mass is 338 g/mol. The maximum atomic E-state index is 12.8. The highest BCUT2D eigenvalue weighted by Gasteiger charge is 2.31. The van der Waals surface area contributed by atoms with E-state index in [0.29, 0.717) is 23.7 Å². The van der Waals surface area contributed by atoms with Gasteiger partial charge in [-0.15, -0.1) is 11.3 Å². The van der Waals surface area contributed by atoms with E-state index in [1.807, 2.05) is 5.38 Å². The lowest BCUT2D eigenvalue weighted by Gasteiger charge is -2.31. The minimum atomic E-state index is -3.46. The highest BCUT2D eigenvalue weighted by Crippen LogP contribution is 2.31. The van der Waals surface area contributed by atoms with E-state index in [-0.39, 0.29) is 5.92 Å². The first kappa shape index (κ1) is 15.5. The zero-order valence-electron chi connectivity index (χ0n) is 12.3. The molecule has 1 aromatic heterocycles. The Balaban J connectivity index is 1.81. The molecule has 0 bridgehead atoms. The van der Waals surface area contributed by atoms with Gasteiger partial charge in [-0.25, -0.2) is 13.4 Å². The van der Waals surface area contributed by atoms with Gasteiger partial charge in [0.2, 0.25) is 10.0 Å². The maximum Gasteiger partial charge on any atom is 0.243 e. The van der Waals surface area contributed by atoms with Gasteiger partial charge >= 0.3 is 0 Å². The fourth-order valence-electron chi connectivity index (χ4n) is 2.70. The number of ether oxygens (including phenoxy) is 1. The van der Waals surface area contributed by atoms with E-state index in [2.05, 4.69) is 4.98 Å². The van der Waals surface area contributed by atoms with Crippen LogP contribution in [0.15, 0.2) is 40.7 Å². The lowest BCUT2D eigenvalue weighted by atomic mass is 10.0. The molecule has 0 radical (unpaired) electrons. The van der Waals surface area contributed by atoms with Gasteiger partial charge in [-0.05, 0) is 37.1 Å². The van der Waals surface area contributed by atoms with Crippen molar-refractivity contribution in [1.82, 2.24) is 9.29 Å². The van der Waals surface area contributed by atoms with Crippen LogP contribution in [-0.2, 0) is 10.0 Å². The van der Waals surface area contributed by atoms with Gasteiger partial charge in [0.05, 0.1) is 17.0 Å². The second kappa shape index (κ2) is 6.36. The molecule has 5 nitrogen and oxygen atoms in total. The quantitative estimate of drug-likeness (QED) is 0.860. The Kier molecular flexibility index (Phi) is 4.46. The predicted molar refractivity (Wildman–Crippen MR) is 85.8 cm³/mol. The Morgan fingerprint density at radius 3 is 2.73 bits per heavy atom. The molecule has 2 heterocycles. The fourth-order valence-corrected chi connectivity index (χ4v) is 4.99. The molecule has 22 heavy (non-hydrogen) atoms. The minimum Gasteiger partial charge on any atom is -0.497 e. The van der Waals surface area contributed by atoms with Gasteiger partial charge in [0.25, 0.3) is 0 Å². The largest absolute Gasteiger partial charge is 0.497 e. The summed E-state index contributed by atoms with van der Waals surface area (Å²) in [6, 6.07) is 6.55. The summed E-state index contributed by atoms with van der Waals surface area (Å²) in [5.74, 6) is 0.847. The van der Waals surface area contributed by atoms with E-state index in [4.69, 9.17) is 4.74 Å². The van der Waals surface area contributed by atoms with Gasteiger partial charge in [0.1, 0.15) is 5.75 Å². The van der Waals surface area contributed by atoms with Crippen molar-refractivity contribution in [2.75, 3.05) is 20.2 Å². The number of hydrogen-bond donors (Lipinski definition) is 0. The molecule has 1 atom stereocenters. The molecule has 1 aliphatic rings. The molecule has 7 heteroatoms. The molecule has 0 N–H and O–H groups in total. The summed E-state index contributed by atoms with van der Waals surface area (Å²) in [6.07, 6.45) is 3.62. The Morgan fingerprint density at radius 1 is 1.32 bits per heavy atom. The summed E-state index contributed by atoms with van der Waals surface area (Å²) in [5.41, 5.74) is 0. The SMILES string of the molecule is COc1ccc(S(=O)(=O)N2CCC[C@H](c3nccs3)C2)cc1. The van der Waals surface area contributed by atoms with Crippen molar-refractivity contribution in [1.29, 1.82) is 0 Å². The van der Waals surface area contributed by atoms with E-state index >= 15 is 0 Å². The number of benzene rings is 1. The van der Waals surface area contributed by atoms with Crippen molar-refractivity contribution < 1.29 is 13.2 Å². The highest BCUT2D eigenvalue weighted by molar-refractivity contribution is 7.89. The van der Waals surface area contributed by atoms with E-state index in [0.717, 1.165) is 17.8 Å². The smallest absolute Gasteiger partial charge is 0.243 e. The van der Waals surface area contributed by atoms with Gasteiger partial charge in [-0.1, -0.05) is 0 Å². The number of methoxy groups -OCH3 is 1. The normalized spacial score (nSPS) is 20.0. The van der Waals surface area contributed by atoms with Crippen molar-refractivity contribution >= 4 is 21.4 Å². The lowest BCUT2D eigenvalue weighted by molar-refractivity contribution is 0.315. The molecule has 1 aromatic carbocycles. The van der Waals surface area contributed by atoms with E-state index < -0.39 is 10.0 Å². The van der Waals surface area contributed by atoms with Gasteiger partial charge in [-0.2, -0.15) is 4.31 Å². The number of rotatable bonds is 4. The average Bonchev–Trinajstić information content (AvgIpc) is 3.09. The van der Waals surface area contributed by atoms with Crippen molar-refractivity contribution in [2.45, 2.75) is 23.7 Å². The van der Waals surface area contributed by atoms with Gasteiger partial charge in [-0.3, -0.25) is 0 Å². The van der Waals surface area contributed by atoms with Gasteiger partial charge < -0.3 is 4.74 Å². The zero-order valence-corrected chi connectivity index (χ0v) is 13.9. The molecule has 2 aromatic rings. The molecule has 0 aliphatic carbocycles. The summed E-state index contributed by atoms with van der Waals surface area (Å²) in [5, 5.41) is 2.96. The number of aromatic nitrogens is 1. The topological polar surface area (TPSA) is 59.5 Å². The van der Waals surface area contributed by atoms with Gasteiger partial charge in [0, 0.05) is 30.6 Å². The first-order valence-electron chi connectivity index (χ1n) is 7.15. The van der Waals surface area contributed by atoms with E-state index in [9.17, 15) is 8.42 Å². The van der Waals surface area contributed by atoms with Crippen LogP contribution in [0.25, 0.3) is 0 Å². The molecule has 1 aliphatic heterocycles. The summed E-state index contributed by atoms with van der Waals surface area (Å²) in [6.45, 7) is 1.07. The zero-order chi connectivity index (χ0) is 15.6. The molecule has 0 spiro atoms. The number of thiazole rings is 1. The van der Waals surface area contributed by atoms with Crippen molar-refractivity contribution in [3.63, 3.8) is 0 Å². The molecule has 3 rings (SSSR count). The van der Waals surface area contributed by atoms with Crippen LogP contribution in [0.2, 0.25) is 0 Å². The predicted octanol–water partition coefficient (Wildman–Crippen LogP) is 2.72. The average molecular weight is 338 g/mol. The highest BCUT2D eigenvalue weighted by atomic mass is 32.2. The number of piperidine rings is 1. The van der Waals surface area contributed by atoms with E-state index in [1.54, 1.807) is 53.2 Å². The number of hydrogen-bond acceptors (Lipinski definition) is 5. The maximum absolute atomic E-state index is 12.8. The van der Waals surface area contributed by atoms with Crippen LogP contribution in [0.3, 0.4) is 0 Å².